The Morgan fingerprint density at radius 2 is 2.00 bits per heavy atom. The Balaban J connectivity index is 1.20. The predicted molar refractivity (Wildman–Crippen MR) is 177 cm³/mol. The number of hydrogen-bond donors (Lipinski definition) is 2. The molecule has 2 N–H and O–H groups in total. The number of carbonyl (C=O) groups excluding carboxylic acids is 2. The van der Waals surface area contributed by atoms with Crippen LogP contribution in [0.2, 0.25) is 5.02 Å². The summed E-state index contributed by atoms with van der Waals surface area (Å²) >= 11 is 6.37. The lowest BCUT2D eigenvalue weighted by atomic mass is 10.0. The van der Waals surface area contributed by atoms with Crippen molar-refractivity contribution in [1.82, 2.24) is 15.1 Å². The summed E-state index contributed by atoms with van der Waals surface area (Å²) < 4.78 is 5.36. The molecule has 2 fully saturated rings. The van der Waals surface area contributed by atoms with Crippen LogP contribution < -0.4 is 15.4 Å². The number of rotatable bonds is 8. The quantitative estimate of drug-likeness (QED) is 0.426. The number of halogens is 1. The number of benzene rings is 2. The Kier molecular flexibility index (Phi) is 10.9. The molecule has 2 atom stereocenters. The summed E-state index contributed by atoms with van der Waals surface area (Å²) in [6, 6.07) is 13.2. The average molecular weight is 630 g/mol. The lowest BCUT2D eigenvalue weighted by molar-refractivity contribution is -0.134. The van der Waals surface area contributed by atoms with E-state index in [1.54, 1.807) is 12.3 Å². The van der Waals surface area contributed by atoms with Crippen LogP contribution in [0.1, 0.15) is 60.0 Å². The van der Waals surface area contributed by atoms with Gasteiger partial charge in [-0.25, -0.2) is 4.99 Å². The number of allylic oxidation sites excluding steroid dienone is 1. The van der Waals surface area contributed by atoms with Crippen LogP contribution in [-0.4, -0.2) is 85.1 Å². The number of hydrogen-bond acceptors (Lipinski definition) is 8. The smallest absolute Gasteiger partial charge is 0.254 e. The molecule has 0 radical (unpaired) electrons. The number of carbonyl (C=O) groups is 2. The molecule has 2 aromatic rings. The van der Waals surface area contributed by atoms with Crippen molar-refractivity contribution in [3.63, 3.8) is 0 Å². The van der Waals surface area contributed by atoms with Crippen molar-refractivity contribution in [2.45, 2.75) is 51.5 Å². The molecule has 3 aliphatic heterocycles. The van der Waals surface area contributed by atoms with Crippen LogP contribution in [0, 0.1) is 18.3 Å². The Bertz CT molecular complexity index is 1530. The van der Waals surface area contributed by atoms with E-state index in [1.807, 2.05) is 59.2 Å². The standard InChI is InChI=1S/C34H40ClN7O3/c1-23-20-26(9-10-27(23)33(43)41-15-17-42(18-16-41)34(44)30-7-5-14-37-30)40-32-29(6-3-4-13-38-32)39-22-24(2)25-8-11-31(28(35)21-25)45-19-12-36/h4,8-11,13,20-21,24,30,37H,3,5-7,14-19,22H2,1-2H3,(H,38,40). The van der Waals surface area contributed by atoms with E-state index < -0.39 is 0 Å². The van der Waals surface area contributed by atoms with Gasteiger partial charge in [0.1, 0.15) is 11.8 Å². The van der Waals surface area contributed by atoms with Crippen molar-refractivity contribution in [2.75, 3.05) is 51.2 Å². The molecule has 0 aromatic heterocycles. The van der Waals surface area contributed by atoms with E-state index in [9.17, 15) is 9.59 Å². The van der Waals surface area contributed by atoms with E-state index in [0.29, 0.717) is 54.9 Å². The van der Waals surface area contributed by atoms with E-state index in [-0.39, 0.29) is 30.4 Å². The molecule has 3 aliphatic rings. The highest BCUT2D eigenvalue weighted by Gasteiger charge is 2.31. The van der Waals surface area contributed by atoms with Gasteiger partial charge in [-0.05, 0) is 80.6 Å². The van der Waals surface area contributed by atoms with Crippen LogP contribution in [0.15, 0.2) is 58.7 Å². The maximum Gasteiger partial charge on any atom is 0.254 e. The zero-order valence-corrected chi connectivity index (χ0v) is 26.6. The molecule has 2 unspecified atom stereocenters. The average Bonchev–Trinajstić information content (AvgIpc) is 3.50. The van der Waals surface area contributed by atoms with Crippen molar-refractivity contribution in [3.05, 3.63) is 70.4 Å². The zero-order chi connectivity index (χ0) is 31.8. The highest BCUT2D eigenvalue weighted by molar-refractivity contribution is 6.45. The minimum absolute atomic E-state index is 0.0131. The fraction of sp³-hybridized carbons (Fsp3) is 0.441. The molecule has 10 nitrogen and oxygen atoms in total. The summed E-state index contributed by atoms with van der Waals surface area (Å²) in [5.41, 5.74) is 4.27. The fourth-order valence-corrected chi connectivity index (χ4v) is 6.05. The monoisotopic (exact) mass is 629 g/mol. The molecule has 45 heavy (non-hydrogen) atoms. The molecule has 2 aromatic carbocycles. The number of aryl methyl sites for hydroxylation is 1. The zero-order valence-electron chi connectivity index (χ0n) is 25.9. The van der Waals surface area contributed by atoms with Crippen molar-refractivity contribution < 1.29 is 14.3 Å². The van der Waals surface area contributed by atoms with Gasteiger partial charge in [-0.1, -0.05) is 30.7 Å². The van der Waals surface area contributed by atoms with Gasteiger partial charge >= 0.3 is 0 Å². The molecule has 0 bridgehead atoms. The third-order valence-corrected chi connectivity index (χ3v) is 8.76. The lowest BCUT2D eigenvalue weighted by Crippen LogP contribution is -2.54. The van der Waals surface area contributed by atoms with Crippen molar-refractivity contribution >= 4 is 40.6 Å². The summed E-state index contributed by atoms with van der Waals surface area (Å²) in [6.45, 7) is 7.60. The fourth-order valence-electron chi connectivity index (χ4n) is 5.81. The Hall–Kier alpha value is -4.20. The first-order valence-corrected chi connectivity index (χ1v) is 16.0. The van der Waals surface area contributed by atoms with Gasteiger partial charge in [0.15, 0.2) is 12.4 Å². The number of ether oxygens (including phenoxy) is 1. The second-order valence-electron chi connectivity index (χ2n) is 11.6. The third kappa shape index (κ3) is 8.10. The first-order valence-electron chi connectivity index (χ1n) is 15.6. The molecule has 236 valence electrons. The second kappa shape index (κ2) is 15.2. The van der Waals surface area contributed by atoms with Gasteiger partial charge in [0.25, 0.3) is 5.91 Å². The summed E-state index contributed by atoms with van der Waals surface area (Å²) in [5.74, 6) is 1.42. The van der Waals surface area contributed by atoms with E-state index in [2.05, 4.69) is 22.5 Å². The molecule has 0 saturated carbocycles. The Labute approximate surface area is 269 Å². The first-order chi connectivity index (χ1) is 21.8. The van der Waals surface area contributed by atoms with E-state index in [0.717, 1.165) is 54.8 Å². The molecule has 0 spiro atoms. The summed E-state index contributed by atoms with van der Waals surface area (Å²) in [4.78, 5) is 39.5. The summed E-state index contributed by atoms with van der Waals surface area (Å²) in [7, 11) is 0. The lowest BCUT2D eigenvalue weighted by Gasteiger charge is -2.36. The van der Waals surface area contributed by atoms with Gasteiger partial charge in [0.05, 0.1) is 16.8 Å². The molecule has 3 heterocycles. The van der Waals surface area contributed by atoms with Crippen LogP contribution in [0.25, 0.3) is 0 Å². The SMILES string of the molecule is Cc1cc(NC2=NC=CCCC2=NCC(C)c2ccc(OCC#N)c(Cl)c2)ccc1C(=O)N1CCN(C(=O)C2CCCN2)CC1. The number of nitrogens with zero attached hydrogens (tertiary/aromatic N) is 5. The first kappa shape index (κ1) is 32.2. The number of nitrogens with one attached hydrogen (secondary N) is 2. The molecule has 2 saturated heterocycles. The van der Waals surface area contributed by atoms with E-state index in [4.69, 9.17) is 26.6 Å². The van der Waals surface area contributed by atoms with Gasteiger partial charge in [-0.15, -0.1) is 0 Å². The number of amidine groups is 1. The highest BCUT2D eigenvalue weighted by Crippen LogP contribution is 2.29. The number of aliphatic imine (C=N–C) groups is 2. The molecule has 2 amide bonds. The number of anilines is 1. The molecular weight excluding hydrogens is 590 g/mol. The van der Waals surface area contributed by atoms with Crippen LogP contribution in [0.5, 0.6) is 5.75 Å². The van der Waals surface area contributed by atoms with Crippen LogP contribution in [0.4, 0.5) is 5.69 Å². The maximum atomic E-state index is 13.4. The normalized spacial score (nSPS) is 19.9. The van der Waals surface area contributed by atoms with Gasteiger partial charge in [-0.2, -0.15) is 5.26 Å². The third-order valence-electron chi connectivity index (χ3n) is 8.46. The van der Waals surface area contributed by atoms with E-state index in [1.165, 1.54) is 0 Å². The minimum atomic E-state index is -0.0783. The second-order valence-corrected chi connectivity index (χ2v) is 12.1. The molecular formula is C34H40ClN7O3. The van der Waals surface area contributed by atoms with Gasteiger partial charge in [-0.3, -0.25) is 14.6 Å². The van der Waals surface area contributed by atoms with E-state index >= 15 is 0 Å². The summed E-state index contributed by atoms with van der Waals surface area (Å²) in [5, 5.41) is 15.9. The topological polar surface area (TPSA) is 122 Å². The van der Waals surface area contributed by atoms with Crippen LogP contribution in [-0.2, 0) is 4.79 Å². The van der Waals surface area contributed by atoms with Crippen LogP contribution in [0.3, 0.4) is 0 Å². The van der Waals surface area contributed by atoms with Crippen LogP contribution >= 0.6 is 11.6 Å². The van der Waals surface area contributed by atoms with Gasteiger partial charge in [0.2, 0.25) is 5.91 Å². The summed E-state index contributed by atoms with van der Waals surface area (Å²) in [6.07, 6.45) is 7.32. The maximum absolute atomic E-state index is 13.4. The number of nitriles is 1. The molecule has 5 rings (SSSR count). The van der Waals surface area contributed by atoms with Gasteiger partial charge in [0, 0.05) is 56.1 Å². The number of piperazine rings is 1. The predicted octanol–water partition coefficient (Wildman–Crippen LogP) is 4.95. The van der Waals surface area contributed by atoms with Crippen molar-refractivity contribution in [1.29, 1.82) is 5.26 Å². The number of amides is 2. The Morgan fingerprint density at radius 1 is 1.20 bits per heavy atom. The Morgan fingerprint density at radius 3 is 2.71 bits per heavy atom. The van der Waals surface area contributed by atoms with Gasteiger partial charge < -0.3 is 25.2 Å². The molecule has 11 heteroatoms. The molecule has 0 aliphatic carbocycles. The highest BCUT2D eigenvalue weighted by atomic mass is 35.5. The van der Waals surface area contributed by atoms with Crippen molar-refractivity contribution in [2.24, 2.45) is 9.98 Å². The minimum Gasteiger partial charge on any atom is -0.477 e. The van der Waals surface area contributed by atoms with Crippen molar-refractivity contribution in [3.8, 4) is 11.8 Å². The largest absolute Gasteiger partial charge is 0.477 e.